The number of nitrogens with one attached hydrogen (secondary N) is 1. The van der Waals surface area contributed by atoms with Crippen molar-refractivity contribution in [2.45, 2.75) is 20.0 Å². The summed E-state index contributed by atoms with van der Waals surface area (Å²) in [5, 5.41) is 4.05. The highest BCUT2D eigenvalue weighted by Gasteiger charge is 2.07. The molecular formula is C10H13Cl3N2O. The van der Waals surface area contributed by atoms with E-state index >= 15 is 0 Å². The monoisotopic (exact) mass is 282 g/mol. The highest BCUT2D eigenvalue weighted by molar-refractivity contribution is 6.42. The fraction of sp³-hybridized carbons (Fsp3) is 0.500. The van der Waals surface area contributed by atoms with Gasteiger partial charge in [0, 0.05) is 6.54 Å². The topological polar surface area (TPSA) is 34.1 Å². The average Bonchev–Trinajstić information content (AvgIpc) is 2.19. The maximum absolute atomic E-state index is 5.93. The molecule has 0 aliphatic carbocycles. The molecule has 1 aromatic heterocycles. The van der Waals surface area contributed by atoms with Gasteiger partial charge in [-0.2, -0.15) is 0 Å². The van der Waals surface area contributed by atoms with Gasteiger partial charge in [-0.05, 0) is 19.9 Å². The highest BCUT2D eigenvalue weighted by atomic mass is 35.5. The van der Waals surface area contributed by atoms with Crippen LogP contribution in [-0.4, -0.2) is 24.2 Å². The lowest BCUT2D eigenvalue weighted by Gasteiger charge is -2.10. The molecule has 0 bridgehead atoms. The van der Waals surface area contributed by atoms with Gasteiger partial charge in [0.2, 0.25) is 0 Å². The maximum Gasteiger partial charge on any atom is 0.150 e. The number of nitrogens with zero attached hydrogens (tertiary/aromatic N) is 1. The first kappa shape index (κ1) is 13.8. The van der Waals surface area contributed by atoms with Crippen LogP contribution < -0.4 is 5.32 Å². The van der Waals surface area contributed by atoms with E-state index in [9.17, 15) is 0 Å². The number of pyridine rings is 1. The number of ether oxygens (including phenoxy) is 1. The average molecular weight is 284 g/mol. The quantitative estimate of drug-likeness (QED) is 0.658. The minimum absolute atomic E-state index is 0.207. The Bertz CT molecular complexity index is 358. The van der Waals surface area contributed by atoms with E-state index in [1.165, 1.54) is 0 Å². The zero-order chi connectivity index (χ0) is 12.1. The molecule has 0 aliphatic rings. The van der Waals surface area contributed by atoms with Crippen molar-refractivity contribution < 1.29 is 4.74 Å². The zero-order valence-corrected chi connectivity index (χ0v) is 11.3. The molecule has 1 rings (SSSR count). The van der Waals surface area contributed by atoms with Crippen molar-refractivity contribution in [1.29, 1.82) is 0 Å². The Morgan fingerprint density at radius 2 is 2.00 bits per heavy atom. The minimum Gasteiger partial charge on any atom is -0.377 e. The molecule has 3 nitrogen and oxygen atoms in total. The molecule has 16 heavy (non-hydrogen) atoms. The van der Waals surface area contributed by atoms with Gasteiger partial charge in [0.25, 0.3) is 0 Å². The Balaban J connectivity index is 2.51. The molecule has 0 amide bonds. The maximum atomic E-state index is 5.93. The van der Waals surface area contributed by atoms with Gasteiger partial charge < -0.3 is 10.1 Å². The summed E-state index contributed by atoms with van der Waals surface area (Å²) in [7, 11) is 0. The zero-order valence-electron chi connectivity index (χ0n) is 9.06. The van der Waals surface area contributed by atoms with Crippen LogP contribution >= 0.6 is 34.8 Å². The van der Waals surface area contributed by atoms with Gasteiger partial charge in [0.15, 0.2) is 0 Å². The lowest BCUT2D eigenvalue weighted by molar-refractivity contribution is 0.0870. The van der Waals surface area contributed by atoms with Crippen LogP contribution in [0.5, 0.6) is 0 Å². The van der Waals surface area contributed by atoms with Crippen LogP contribution in [0.15, 0.2) is 6.07 Å². The minimum atomic E-state index is 0.207. The number of hydrogen-bond acceptors (Lipinski definition) is 3. The third-order valence-electron chi connectivity index (χ3n) is 1.73. The predicted octanol–water partition coefficient (Wildman–Crippen LogP) is 3.88. The summed E-state index contributed by atoms with van der Waals surface area (Å²) in [5.41, 5.74) is 0. The molecule has 0 fully saturated rings. The molecule has 0 radical (unpaired) electrons. The second-order valence-electron chi connectivity index (χ2n) is 3.44. The number of aromatic nitrogens is 1. The Morgan fingerprint density at radius 1 is 1.31 bits per heavy atom. The van der Waals surface area contributed by atoms with Crippen molar-refractivity contribution in [2.75, 3.05) is 18.5 Å². The molecule has 0 spiro atoms. The van der Waals surface area contributed by atoms with Crippen LogP contribution in [0.2, 0.25) is 15.2 Å². The molecule has 0 saturated heterocycles. The summed E-state index contributed by atoms with van der Waals surface area (Å²) in [6.45, 7) is 5.15. The van der Waals surface area contributed by atoms with Crippen molar-refractivity contribution in [1.82, 2.24) is 4.98 Å². The van der Waals surface area contributed by atoms with Crippen LogP contribution in [0.4, 0.5) is 5.82 Å². The Labute approximate surface area is 110 Å². The van der Waals surface area contributed by atoms with E-state index in [1.807, 2.05) is 13.8 Å². The summed E-state index contributed by atoms with van der Waals surface area (Å²) < 4.78 is 5.36. The van der Waals surface area contributed by atoms with Gasteiger partial charge in [-0.25, -0.2) is 4.98 Å². The predicted molar refractivity (Wildman–Crippen MR) is 68.8 cm³/mol. The van der Waals surface area contributed by atoms with Gasteiger partial charge in [-0.1, -0.05) is 34.8 Å². The van der Waals surface area contributed by atoms with E-state index in [2.05, 4.69) is 10.3 Å². The molecular weight excluding hydrogens is 270 g/mol. The molecule has 1 heterocycles. The first-order valence-corrected chi connectivity index (χ1v) is 6.01. The van der Waals surface area contributed by atoms with Gasteiger partial charge >= 0.3 is 0 Å². The van der Waals surface area contributed by atoms with Crippen molar-refractivity contribution in [3.8, 4) is 0 Å². The number of anilines is 1. The summed E-state index contributed by atoms with van der Waals surface area (Å²) in [6, 6.07) is 1.56. The van der Waals surface area contributed by atoms with E-state index in [1.54, 1.807) is 6.07 Å². The first-order chi connectivity index (χ1) is 7.50. The molecule has 0 aromatic carbocycles. The number of hydrogen-bond donors (Lipinski definition) is 1. The molecule has 6 heteroatoms. The van der Waals surface area contributed by atoms with Gasteiger partial charge in [-0.15, -0.1) is 0 Å². The number of rotatable bonds is 5. The summed E-state index contributed by atoms with van der Waals surface area (Å²) in [4.78, 5) is 4.02. The van der Waals surface area contributed by atoms with Gasteiger partial charge in [-0.3, -0.25) is 0 Å². The van der Waals surface area contributed by atoms with E-state index in [4.69, 9.17) is 39.5 Å². The lowest BCUT2D eigenvalue weighted by Crippen LogP contribution is -2.14. The molecule has 0 unspecified atom stereocenters. The van der Waals surface area contributed by atoms with Crippen LogP contribution in [0.25, 0.3) is 0 Å². The van der Waals surface area contributed by atoms with Crippen LogP contribution in [0.3, 0.4) is 0 Å². The van der Waals surface area contributed by atoms with Crippen LogP contribution in [0.1, 0.15) is 13.8 Å². The fourth-order valence-electron chi connectivity index (χ4n) is 1.03. The van der Waals surface area contributed by atoms with Crippen molar-refractivity contribution in [2.24, 2.45) is 0 Å². The fourth-order valence-corrected chi connectivity index (χ4v) is 1.60. The van der Waals surface area contributed by atoms with E-state index in [-0.39, 0.29) is 11.3 Å². The SMILES string of the molecule is CC(C)OCCNc1nc(Cl)c(Cl)cc1Cl. The largest absolute Gasteiger partial charge is 0.377 e. The Kier molecular flexibility index (Phi) is 5.62. The molecule has 1 N–H and O–H groups in total. The molecule has 90 valence electrons. The lowest BCUT2D eigenvalue weighted by atomic mass is 10.4. The Hall–Kier alpha value is -0.220. The molecule has 0 saturated carbocycles. The summed E-state index contributed by atoms with van der Waals surface area (Å²) >= 11 is 17.5. The first-order valence-electron chi connectivity index (χ1n) is 4.87. The van der Waals surface area contributed by atoms with Gasteiger partial charge in [0.1, 0.15) is 11.0 Å². The van der Waals surface area contributed by atoms with Crippen molar-refractivity contribution >= 4 is 40.6 Å². The van der Waals surface area contributed by atoms with Crippen molar-refractivity contribution in [3.05, 3.63) is 21.3 Å². The molecule has 0 atom stereocenters. The normalized spacial score (nSPS) is 10.9. The molecule has 0 aliphatic heterocycles. The summed E-state index contributed by atoms with van der Waals surface area (Å²) in [5.74, 6) is 0.517. The van der Waals surface area contributed by atoms with Crippen LogP contribution in [0, 0.1) is 0 Å². The van der Waals surface area contributed by atoms with E-state index < -0.39 is 0 Å². The molecule has 1 aromatic rings. The second-order valence-corrected chi connectivity index (χ2v) is 4.61. The van der Waals surface area contributed by atoms with Crippen LogP contribution in [-0.2, 0) is 4.74 Å². The third-order valence-corrected chi connectivity index (χ3v) is 2.69. The number of halogens is 3. The second kappa shape index (κ2) is 6.50. The third kappa shape index (κ3) is 4.34. The van der Waals surface area contributed by atoms with Gasteiger partial charge in [0.05, 0.1) is 22.8 Å². The van der Waals surface area contributed by atoms with E-state index in [0.717, 1.165) is 0 Å². The van der Waals surface area contributed by atoms with E-state index in [0.29, 0.717) is 29.0 Å². The smallest absolute Gasteiger partial charge is 0.150 e. The highest BCUT2D eigenvalue weighted by Crippen LogP contribution is 2.28. The Morgan fingerprint density at radius 3 is 2.62 bits per heavy atom. The van der Waals surface area contributed by atoms with Crippen molar-refractivity contribution in [3.63, 3.8) is 0 Å². The summed E-state index contributed by atoms with van der Waals surface area (Å²) in [6.07, 6.45) is 0.207. The standard InChI is InChI=1S/C10H13Cl3N2O/c1-6(2)16-4-3-14-10-8(12)5-7(11)9(13)15-10/h5-6H,3-4H2,1-2H3,(H,14,15).